The van der Waals surface area contributed by atoms with Crippen LogP contribution in [0.15, 0.2) is 39.5 Å². The lowest BCUT2D eigenvalue weighted by Crippen LogP contribution is -2.33. The van der Waals surface area contributed by atoms with E-state index in [1.54, 1.807) is 19.1 Å². The van der Waals surface area contributed by atoms with Gasteiger partial charge in [-0.2, -0.15) is 0 Å². The Balaban J connectivity index is 1.83. The molecule has 2 aromatic carbocycles. The highest BCUT2D eigenvalue weighted by Crippen LogP contribution is 2.37. The van der Waals surface area contributed by atoms with Crippen LogP contribution in [0.3, 0.4) is 0 Å². The van der Waals surface area contributed by atoms with Crippen molar-refractivity contribution >= 4 is 22.6 Å². The number of para-hydroxylation sites is 1. The Bertz CT molecular complexity index is 1160. The second kappa shape index (κ2) is 6.71. The lowest BCUT2D eigenvalue weighted by Gasteiger charge is -2.32. The van der Waals surface area contributed by atoms with E-state index in [0.717, 1.165) is 33.5 Å². The van der Waals surface area contributed by atoms with Crippen LogP contribution in [0, 0.1) is 20.8 Å². The van der Waals surface area contributed by atoms with Crippen LogP contribution in [0.1, 0.15) is 32.6 Å². The molecule has 1 aliphatic rings. The Morgan fingerprint density at radius 3 is 2.61 bits per heavy atom. The van der Waals surface area contributed by atoms with Gasteiger partial charge in [0, 0.05) is 28.6 Å². The third-order valence-corrected chi connectivity index (χ3v) is 5.38. The molecule has 4 rings (SSSR count). The first-order valence-electron chi connectivity index (χ1n) is 9.04. The van der Waals surface area contributed by atoms with Crippen molar-refractivity contribution in [1.29, 1.82) is 0 Å². The number of ether oxygens (including phenoxy) is 2. The summed E-state index contributed by atoms with van der Waals surface area (Å²) in [7, 11) is 1.37. The molecule has 0 radical (unpaired) electrons. The molecule has 0 saturated carbocycles. The van der Waals surface area contributed by atoms with Gasteiger partial charge in [0.05, 0.1) is 18.4 Å². The molecule has 0 saturated heterocycles. The predicted octanol–water partition coefficient (Wildman–Crippen LogP) is 3.86. The number of aryl methyl sites for hydroxylation is 2. The Morgan fingerprint density at radius 1 is 1.11 bits per heavy atom. The maximum atomic E-state index is 12.1. The zero-order chi connectivity index (χ0) is 20.0. The number of carbonyl (C=O) groups is 1. The summed E-state index contributed by atoms with van der Waals surface area (Å²) < 4.78 is 16.5. The first-order valence-corrected chi connectivity index (χ1v) is 9.04. The van der Waals surface area contributed by atoms with Gasteiger partial charge in [-0.05, 0) is 44.5 Å². The number of hydrogen-bond donors (Lipinski definition) is 0. The average Bonchev–Trinajstić information content (AvgIpc) is 2.72. The maximum absolute atomic E-state index is 12.1. The van der Waals surface area contributed by atoms with Crippen molar-refractivity contribution in [3.63, 3.8) is 0 Å². The second-order valence-electron chi connectivity index (χ2n) is 6.99. The number of hydrogen-bond acceptors (Lipinski definition) is 6. The van der Waals surface area contributed by atoms with Gasteiger partial charge in [-0.1, -0.05) is 12.1 Å². The van der Waals surface area contributed by atoms with E-state index >= 15 is 0 Å². The minimum absolute atomic E-state index is 0.280. The summed E-state index contributed by atoms with van der Waals surface area (Å²) in [5.74, 6) is 0.343. The van der Waals surface area contributed by atoms with Crippen LogP contribution in [-0.2, 0) is 11.3 Å². The third kappa shape index (κ3) is 2.72. The Hall–Kier alpha value is -3.28. The van der Waals surface area contributed by atoms with Gasteiger partial charge in [0.15, 0.2) is 6.73 Å². The van der Waals surface area contributed by atoms with Gasteiger partial charge < -0.3 is 18.8 Å². The summed E-state index contributed by atoms with van der Waals surface area (Å²) >= 11 is 0. The van der Waals surface area contributed by atoms with E-state index in [2.05, 4.69) is 0 Å². The summed E-state index contributed by atoms with van der Waals surface area (Å²) in [6, 6.07) is 9.31. The predicted molar refractivity (Wildman–Crippen MR) is 106 cm³/mol. The van der Waals surface area contributed by atoms with Crippen LogP contribution in [0.25, 0.3) is 11.0 Å². The van der Waals surface area contributed by atoms with Gasteiger partial charge in [0.2, 0.25) is 0 Å². The highest BCUT2D eigenvalue weighted by molar-refractivity contribution is 5.96. The van der Waals surface area contributed by atoms with Crippen molar-refractivity contribution < 1.29 is 18.7 Å². The number of fused-ring (bicyclic) bond motifs is 2. The highest BCUT2D eigenvalue weighted by atomic mass is 16.5. The fourth-order valence-electron chi connectivity index (χ4n) is 3.68. The van der Waals surface area contributed by atoms with Crippen LogP contribution in [0.2, 0.25) is 0 Å². The van der Waals surface area contributed by atoms with Crippen molar-refractivity contribution in [1.82, 2.24) is 0 Å². The van der Waals surface area contributed by atoms with E-state index in [1.165, 1.54) is 7.11 Å². The number of anilines is 1. The largest absolute Gasteiger partial charge is 0.472 e. The normalized spacial score (nSPS) is 13.2. The summed E-state index contributed by atoms with van der Waals surface area (Å²) in [6.07, 6.45) is 0. The van der Waals surface area contributed by atoms with Gasteiger partial charge in [0.1, 0.15) is 11.3 Å². The number of nitrogens with zero attached hydrogens (tertiary/aromatic N) is 1. The number of esters is 1. The first-order chi connectivity index (χ1) is 13.4. The molecule has 1 aliphatic heterocycles. The second-order valence-corrected chi connectivity index (χ2v) is 6.99. The standard InChI is InChI=1S/C22H21NO5/c1-12-13(2)21(24)28-20-14(3)19-15(9-17(12)20)10-23(11-27-19)18-8-6-5-7-16(18)22(25)26-4/h5-9H,10-11H2,1-4H3. The lowest BCUT2D eigenvalue weighted by molar-refractivity contribution is 0.0601. The van der Waals surface area contributed by atoms with Crippen LogP contribution < -0.4 is 15.3 Å². The molecule has 2 heterocycles. The van der Waals surface area contributed by atoms with Crippen LogP contribution in [0.4, 0.5) is 5.69 Å². The molecule has 0 N–H and O–H groups in total. The summed E-state index contributed by atoms with van der Waals surface area (Å²) in [6.45, 7) is 6.44. The molecule has 0 fully saturated rings. The molecular formula is C22H21NO5. The zero-order valence-electron chi connectivity index (χ0n) is 16.3. The molecule has 3 aromatic rings. The maximum Gasteiger partial charge on any atom is 0.339 e. The number of benzene rings is 2. The van der Waals surface area contributed by atoms with Gasteiger partial charge >= 0.3 is 11.6 Å². The summed E-state index contributed by atoms with van der Waals surface area (Å²) in [4.78, 5) is 26.2. The summed E-state index contributed by atoms with van der Waals surface area (Å²) in [5.41, 5.74) is 4.80. The zero-order valence-corrected chi connectivity index (χ0v) is 16.3. The average molecular weight is 379 g/mol. The molecule has 0 unspecified atom stereocenters. The minimum Gasteiger partial charge on any atom is -0.472 e. The van der Waals surface area contributed by atoms with Gasteiger partial charge in [-0.15, -0.1) is 0 Å². The quantitative estimate of drug-likeness (QED) is 0.497. The molecule has 1 aromatic heterocycles. The topological polar surface area (TPSA) is 69.0 Å². The Morgan fingerprint density at radius 2 is 1.86 bits per heavy atom. The molecule has 0 bridgehead atoms. The van der Waals surface area contributed by atoms with Crippen LogP contribution in [0.5, 0.6) is 5.75 Å². The number of carbonyl (C=O) groups excluding carboxylic acids is 1. The van der Waals surface area contributed by atoms with Crippen molar-refractivity contribution in [2.24, 2.45) is 0 Å². The molecule has 28 heavy (non-hydrogen) atoms. The monoisotopic (exact) mass is 379 g/mol. The molecule has 6 nitrogen and oxygen atoms in total. The molecule has 0 amide bonds. The molecule has 144 valence electrons. The van der Waals surface area contributed by atoms with E-state index in [9.17, 15) is 9.59 Å². The SMILES string of the molecule is COC(=O)c1ccccc1N1COc2c(cc3c(C)c(C)c(=O)oc3c2C)C1. The molecule has 0 aliphatic carbocycles. The van der Waals surface area contributed by atoms with Crippen molar-refractivity contribution in [2.75, 3.05) is 18.7 Å². The minimum atomic E-state index is -0.385. The fraction of sp³-hybridized carbons (Fsp3) is 0.273. The van der Waals surface area contributed by atoms with Gasteiger partial charge in [0.25, 0.3) is 0 Å². The van der Waals surface area contributed by atoms with E-state index < -0.39 is 0 Å². The van der Waals surface area contributed by atoms with E-state index in [-0.39, 0.29) is 18.3 Å². The van der Waals surface area contributed by atoms with Crippen molar-refractivity contribution in [2.45, 2.75) is 27.3 Å². The van der Waals surface area contributed by atoms with E-state index in [0.29, 0.717) is 23.3 Å². The first kappa shape index (κ1) is 18.1. The molecular weight excluding hydrogens is 358 g/mol. The summed E-state index contributed by atoms with van der Waals surface area (Å²) in [5, 5.41) is 0.903. The Labute approximate surface area is 162 Å². The van der Waals surface area contributed by atoms with Crippen LogP contribution >= 0.6 is 0 Å². The molecule has 6 heteroatoms. The fourth-order valence-corrected chi connectivity index (χ4v) is 3.68. The van der Waals surface area contributed by atoms with Gasteiger partial charge in [-0.3, -0.25) is 0 Å². The number of methoxy groups -OCH3 is 1. The van der Waals surface area contributed by atoms with Gasteiger partial charge in [-0.25, -0.2) is 9.59 Å². The van der Waals surface area contributed by atoms with Crippen molar-refractivity contribution in [3.05, 3.63) is 68.6 Å². The highest BCUT2D eigenvalue weighted by Gasteiger charge is 2.25. The van der Waals surface area contributed by atoms with Crippen LogP contribution in [-0.4, -0.2) is 19.8 Å². The lowest BCUT2D eigenvalue weighted by atomic mass is 9.99. The van der Waals surface area contributed by atoms with E-state index in [1.807, 2.05) is 36.9 Å². The number of rotatable bonds is 2. The molecule has 0 spiro atoms. The third-order valence-electron chi connectivity index (χ3n) is 5.38. The van der Waals surface area contributed by atoms with Crippen molar-refractivity contribution in [3.8, 4) is 5.75 Å². The Kier molecular flexibility index (Phi) is 4.34. The smallest absolute Gasteiger partial charge is 0.339 e. The molecule has 0 atom stereocenters. The van der Waals surface area contributed by atoms with E-state index in [4.69, 9.17) is 13.9 Å².